The Labute approximate surface area is 106 Å². The number of carbonyl (C=O) groups is 1. The van der Waals surface area contributed by atoms with Gasteiger partial charge >= 0.3 is 0 Å². The van der Waals surface area contributed by atoms with Crippen molar-refractivity contribution in [3.63, 3.8) is 0 Å². The quantitative estimate of drug-likeness (QED) is 0.808. The van der Waals surface area contributed by atoms with Gasteiger partial charge in [-0.2, -0.15) is 5.10 Å². The zero-order valence-electron chi connectivity index (χ0n) is 10.8. The van der Waals surface area contributed by atoms with E-state index in [1.54, 1.807) is 22.8 Å². The molecule has 1 fully saturated rings. The molecule has 1 aliphatic rings. The minimum atomic E-state index is -0.192. The first kappa shape index (κ1) is 12.9. The van der Waals surface area contributed by atoms with Crippen LogP contribution in [0.25, 0.3) is 0 Å². The summed E-state index contributed by atoms with van der Waals surface area (Å²) in [5.41, 5.74) is 6.52. The Bertz CT molecular complexity index is 437. The van der Waals surface area contributed by atoms with Crippen LogP contribution in [0.2, 0.25) is 0 Å². The highest BCUT2D eigenvalue weighted by Crippen LogP contribution is 2.28. The number of rotatable bonds is 4. The molecule has 6 heteroatoms. The monoisotopic (exact) mass is 252 g/mol. The fraction of sp³-hybridized carbons (Fsp3) is 0.667. The number of carbonyl (C=O) groups excluding carboxylic acids is 1. The summed E-state index contributed by atoms with van der Waals surface area (Å²) in [5, 5.41) is 13.4. The zero-order valence-corrected chi connectivity index (χ0v) is 10.8. The van der Waals surface area contributed by atoms with Crippen LogP contribution in [0.3, 0.4) is 0 Å². The number of aliphatic hydroxyl groups is 1. The molecule has 0 aliphatic heterocycles. The first-order valence-corrected chi connectivity index (χ1v) is 6.27. The minimum absolute atomic E-state index is 0.152. The van der Waals surface area contributed by atoms with E-state index in [1.807, 2.05) is 6.92 Å². The molecular formula is C12H20N4O2. The van der Waals surface area contributed by atoms with E-state index in [2.05, 4.69) is 5.10 Å². The second kappa shape index (κ2) is 4.97. The first-order valence-electron chi connectivity index (χ1n) is 6.27. The van der Waals surface area contributed by atoms with E-state index in [0.717, 1.165) is 12.8 Å². The third-order valence-electron chi connectivity index (χ3n) is 3.41. The lowest BCUT2D eigenvalue weighted by Gasteiger charge is -2.34. The summed E-state index contributed by atoms with van der Waals surface area (Å²) in [6, 6.07) is 0. The van der Waals surface area contributed by atoms with Crippen molar-refractivity contribution in [2.75, 3.05) is 19.3 Å². The summed E-state index contributed by atoms with van der Waals surface area (Å²) in [4.78, 5) is 13.8. The van der Waals surface area contributed by atoms with Crippen molar-refractivity contribution in [3.05, 3.63) is 11.9 Å². The summed E-state index contributed by atoms with van der Waals surface area (Å²) in [7, 11) is 1.75. The number of aryl methyl sites for hydroxylation is 1. The summed E-state index contributed by atoms with van der Waals surface area (Å²) in [5.74, 6) is 0.240. The van der Waals surface area contributed by atoms with Crippen LogP contribution in [-0.4, -0.2) is 45.4 Å². The minimum Gasteiger partial charge on any atom is -0.396 e. The molecule has 0 bridgehead atoms. The van der Waals surface area contributed by atoms with Gasteiger partial charge in [-0.05, 0) is 25.7 Å². The van der Waals surface area contributed by atoms with Crippen LogP contribution in [-0.2, 0) is 6.54 Å². The predicted molar refractivity (Wildman–Crippen MR) is 68.0 cm³/mol. The Morgan fingerprint density at radius 3 is 2.83 bits per heavy atom. The molecule has 100 valence electrons. The van der Waals surface area contributed by atoms with E-state index < -0.39 is 0 Å². The molecule has 0 saturated heterocycles. The lowest BCUT2D eigenvalue weighted by Crippen LogP contribution is -2.39. The number of hydrogen-bond acceptors (Lipinski definition) is 4. The number of hydrogen-bond donors (Lipinski definition) is 2. The first-order chi connectivity index (χ1) is 8.51. The number of aromatic nitrogens is 2. The van der Waals surface area contributed by atoms with Crippen molar-refractivity contribution in [2.24, 2.45) is 5.92 Å². The lowest BCUT2D eigenvalue weighted by molar-refractivity contribution is 0.0264. The highest BCUT2D eigenvalue weighted by Gasteiger charge is 2.30. The average Bonchev–Trinajstić information content (AvgIpc) is 2.67. The van der Waals surface area contributed by atoms with E-state index in [-0.39, 0.29) is 12.0 Å². The van der Waals surface area contributed by atoms with Crippen LogP contribution in [0.1, 0.15) is 30.3 Å². The molecule has 1 aromatic heterocycles. The highest BCUT2D eigenvalue weighted by molar-refractivity contribution is 5.96. The number of nitrogen functional groups attached to an aromatic ring is 1. The molecule has 0 aromatic carbocycles. The molecule has 1 aliphatic carbocycles. The number of nitrogens with zero attached hydrogens (tertiary/aromatic N) is 3. The lowest BCUT2D eigenvalue weighted by atomic mass is 9.82. The second-order valence-electron chi connectivity index (χ2n) is 4.97. The Kier molecular flexibility index (Phi) is 3.56. The van der Waals surface area contributed by atoms with Crippen molar-refractivity contribution in [1.29, 1.82) is 0 Å². The number of anilines is 1. The molecule has 1 aromatic rings. The molecule has 2 rings (SSSR count). The Hall–Kier alpha value is -1.56. The van der Waals surface area contributed by atoms with Gasteiger partial charge in [-0.25, -0.2) is 0 Å². The van der Waals surface area contributed by atoms with Crippen LogP contribution in [0.15, 0.2) is 6.20 Å². The maximum atomic E-state index is 12.2. The number of nitrogens with two attached hydrogens (primary N) is 1. The van der Waals surface area contributed by atoms with Gasteiger partial charge in [0.15, 0.2) is 5.69 Å². The van der Waals surface area contributed by atoms with Gasteiger partial charge < -0.3 is 15.7 Å². The fourth-order valence-electron chi connectivity index (χ4n) is 2.27. The molecule has 0 radical (unpaired) electrons. The van der Waals surface area contributed by atoms with Crippen molar-refractivity contribution < 1.29 is 9.90 Å². The van der Waals surface area contributed by atoms with Crippen LogP contribution in [0.4, 0.5) is 5.69 Å². The smallest absolute Gasteiger partial charge is 0.276 e. The van der Waals surface area contributed by atoms with Gasteiger partial charge in [0.1, 0.15) is 0 Å². The van der Waals surface area contributed by atoms with Crippen LogP contribution in [0.5, 0.6) is 0 Å². The maximum Gasteiger partial charge on any atom is 0.276 e. The maximum absolute atomic E-state index is 12.2. The SMILES string of the molecule is CCn1cc(N)c(C(=O)N(C)CC2CC(O)C2)n1. The van der Waals surface area contributed by atoms with Crippen molar-refractivity contribution in [1.82, 2.24) is 14.7 Å². The summed E-state index contributed by atoms with van der Waals surface area (Å²) >= 11 is 0. The number of amides is 1. The molecule has 0 spiro atoms. The van der Waals surface area contributed by atoms with Crippen molar-refractivity contribution in [2.45, 2.75) is 32.4 Å². The van der Waals surface area contributed by atoms with E-state index in [0.29, 0.717) is 30.4 Å². The van der Waals surface area contributed by atoms with Crippen LogP contribution < -0.4 is 5.73 Å². The van der Waals surface area contributed by atoms with E-state index in [1.165, 1.54) is 0 Å². The van der Waals surface area contributed by atoms with Gasteiger partial charge in [0.05, 0.1) is 11.8 Å². The average molecular weight is 252 g/mol. The van der Waals surface area contributed by atoms with Crippen molar-refractivity contribution >= 4 is 11.6 Å². The third-order valence-corrected chi connectivity index (χ3v) is 3.41. The standard InChI is InChI=1S/C12H20N4O2/c1-3-16-7-10(13)11(14-16)12(18)15(2)6-8-4-9(17)5-8/h7-9,17H,3-6,13H2,1-2H3. The molecule has 1 amide bonds. The van der Waals surface area contributed by atoms with Crippen LogP contribution >= 0.6 is 0 Å². The Morgan fingerprint density at radius 1 is 1.67 bits per heavy atom. The predicted octanol–water partition coefficient (Wildman–Crippen LogP) is 0.328. The Morgan fingerprint density at radius 2 is 2.33 bits per heavy atom. The molecule has 18 heavy (non-hydrogen) atoms. The van der Waals surface area contributed by atoms with Crippen molar-refractivity contribution in [3.8, 4) is 0 Å². The number of aliphatic hydroxyl groups excluding tert-OH is 1. The van der Waals surface area contributed by atoms with Gasteiger partial charge in [-0.1, -0.05) is 0 Å². The normalized spacial score (nSPS) is 22.6. The summed E-state index contributed by atoms with van der Waals surface area (Å²) in [6.45, 7) is 3.28. The highest BCUT2D eigenvalue weighted by atomic mass is 16.3. The van der Waals surface area contributed by atoms with Crippen LogP contribution in [0, 0.1) is 5.92 Å². The molecule has 1 saturated carbocycles. The third kappa shape index (κ3) is 2.48. The topological polar surface area (TPSA) is 84.4 Å². The largest absolute Gasteiger partial charge is 0.396 e. The second-order valence-corrected chi connectivity index (χ2v) is 4.97. The molecule has 3 N–H and O–H groups in total. The fourth-order valence-corrected chi connectivity index (χ4v) is 2.27. The van der Waals surface area contributed by atoms with E-state index in [4.69, 9.17) is 5.73 Å². The van der Waals surface area contributed by atoms with Gasteiger partial charge in [-0.3, -0.25) is 9.48 Å². The van der Waals surface area contributed by atoms with E-state index >= 15 is 0 Å². The van der Waals surface area contributed by atoms with E-state index in [9.17, 15) is 9.90 Å². The van der Waals surface area contributed by atoms with Gasteiger partial charge in [0.25, 0.3) is 5.91 Å². The van der Waals surface area contributed by atoms with Gasteiger partial charge in [0, 0.05) is 26.3 Å². The van der Waals surface area contributed by atoms with Gasteiger partial charge in [-0.15, -0.1) is 0 Å². The van der Waals surface area contributed by atoms with Gasteiger partial charge in [0.2, 0.25) is 0 Å². The summed E-state index contributed by atoms with van der Waals surface area (Å²) in [6.07, 6.45) is 3.03. The zero-order chi connectivity index (χ0) is 13.3. The molecule has 0 atom stereocenters. The molecular weight excluding hydrogens is 232 g/mol. The molecule has 1 heterocycles. The Balaban J connectivity index is 1.98. The summed E-state index contributed by atoms with van der Waals surface area (Å²) < 4.78 is 1.66. The molecule has 6 nitrogen and oxygen atoms in total. The molecule has 0 unspecified atom stereocenters.